The summed E-state index contributed by atoms with van der Waals surface area (Å²) in [6.45, 7) is 1.61. The van der Waals surface area contributed by atoms with Crippen LogP contribution in [-0.4, -0.2) is 28.8 Å². The minimum absolute atomic E-state index is 0.0296. The van der Waals surface area contributed by atoms with Crippen LogP contribution >= 0.6 is 0 Å². The molecule has 2 rings (SSSR count). The molecule has 1 aromatic carbocycles. The Bertz CT molecular complexity index is 1030. The Morgan fingerprint density at radius 1 is 1.21 bits per heavy atom. The highest BCUT2D eigenvalue weighted by Crippen LogP contribution is 2.34. The number of nitriles is 1. The Morgan fingerprint density at radius 3 is 2.32 bits per heavy atom. The van der Waals surface area contributed by atoms with Crippen molar-refractivity contribution in [1.82, 2.24) is 9.13 Å². The van der Waals surface area contributed by atoms with Gasteiger partial charge < -0.3 is 19.1 Å². The van der Waals surface area contributed by atoms with Gasteiger partial charge in [0.25, 0.3) is 5.56 Å². The molecule has 0 bridgehead atoms. The fourth-order valence-corrected chi connectivity index (χ4v) is 2.95. The predicted molar refractivity (Wildman–Crippen MR) is 96.9 cm³/mol. The van der Waals surface area contributed by atoms with Crippen LogP contribution in [-0.2, 0) is 23.6 Å². The highest BCUT2D eigenvalue weighted by Gasteiger charge is 2.35. The van der Waals surface area contributed by atoms with Gasteiger partial charge in [-0.2, -0.15) is 5.26 Å². The molecule has 1 heterocycles. The van der Waals surface area contributed by atoms with Crippen LogP contribution in [0.3, 0.4) is 0 Å². The van der Waals surface area contributed by atoms with Crippen molar-refractivity contribution in [2.45, 2.75) is 12.8 Å². The summed E-state index contributed by atoms with van der Waals surface area (Å²) >= 11 is 0. The summed E-state index contributed by atoms with van der Waals surface area (Å²) in [7, 11) is 3.93. The fraction of sp³-hybridized carbons (Fsp3) is 0.368. The van der Waals surface area contributed by atoms with Crippen molar-refractivity contribution in [2.24, 2.45) is 20.0 Å². The zero-order valence-electron chi connectivity index (χ0n) is 16.0. The molecule has 0 N–H and O–H groups in total. The standard InChI is InChI=1S/C19H21N3O6/c1-5-28-18(25)13(10-20)14(11-6-8-12(27-4)9-7-11)15-16(23)21(2)19(26)22(3)17(15)24/h6-9,13-14,23H,5H2,1-4H3/p-1. The van der Waals surface area contributed by atoms with Crippen LogP contribution in [0.25, 0.3) is 0 Å². The maximum Gasteiger partial charge on any atom is 0.329 e. The first kappa shape index (κ1) is 20.8. The van der Waals surface area contributed by atoms with Gasteiger partial charge in [-0.1, -0.05) is 12.1 Å². The molecule has 148 valence electrons. The van der Waals surface area contributed by atoms with E-state index in [1.54, 1.807) is 31.2 Å². The molecule has 2 unspecified atom stereocenters. The molecule has 0 aliphatic rings. The zero-order chi connectivity index (χ0) is 21.0. The molecule has 0 spiro atoms. The van der Waals surface area contributed by atoms with Crippen molar-refractivity contribution in [3.63, 3.8) is 0 Å². The van der Waals surface area contributed by atoms with Gasteiger partial charge in [0.15, 0.2) is 5.92 Å². The monoisotopic (exact) mass is 386 g/mol. The maximum absolute atomic E-state index is 12.8. The van der Waals surface area contributed by atoms with Crippen molar-refractivity contribution in [2.75, 3.05) is 13.7 Å². The molecule has 9 heteroatoms. The van der Waals surface area contributed by atoms with Gasteiger partial charge >= 0.3 is 11.7 Å². The van der Waals surface area contributed by atoms with Crippen LogP contribution in [0.4, 0.5) is 0 Å². The number of carbonyl (C=O) groups is 1. The van der Waals surface area contributed by atoms with E-state index in [-0.39, 0.29) is 12.2 Å². The normalized spacial score (nSPS) is 12.7. The molecule has 0 saturated carbocycles. The molecule has 0 aliphatic carbocycles. The van der Waals surface area contributed by atoms with E-state index in [0.29, 0.717) is 11.3 Å². The second-order valence-electron chi connectivity index (χ2n) is 6.03. The van der Waals surface area contributed by atoms with Gasteiger partial charge in [0.1, 0.15) is 5.75 Å². The van der Waals surface area contributed by atoms with Crippen LogP contribution in [0.2, 0.25) is 0 Å². The van der Waals surface area contributed by atoms with E-state index in [1.165, 1.54) is 21.2 Å². The van der Waals surface area contributed by atoms with Crippen LogP contribution < -0.4 is 21.1 Å². The zero-order valence-corrected chi connectivity index (χ0v) is 16.0. The van der Waals surface area contributed by atoms with Gasteiger partial charge in [-0.3, -0.25) is 14.2 Å². The molecule has 0 aliphatic heterocycles. The van der Waals surface area contributed by atoms with Crippen molar-refractivity contribution in [3.8, 4) is 17.7 Å². The van der Waals surface area contributed by atoms with E-state index < -0.39 is 34.9 Å². The third-order valence-corrected chi connectivity index (χ3v) is 4.44. The average molecular weight is 386 g/mol. The average Bonchev–Trinajstić information content (AvgIpc) is 2.70. The minimum atomic E-state index is -1.45. The lowest BCUT2D eigenvalue weighted by Crippen LogP contribution is -2.42. The third-order valence-electron chi connectivity index (χ3n) is 4.44. The van der Waals surface area contributed by atoms with E-state index in [4.69, 9.17) is 9.47 Å². The Hall–Kier alpha value is -3.54. The van der Waals surface area contributed by atoms with E-state index in [1.807, 2.05) is 6.07 Å². The lowest BCUT2D eigenvalue weighted by Gasteiger charge is -2.27. The van der Waals surface area contributed by atoms with E-state index in [9.17, 15) is 24.8 Å². The smallest absolute Gasteiger partial charge is 0.329 e. The largest absolute Gasteiger partial charge is 0.860 e. The minimum Gasteiger partial charge on any atom is -0.860 e. The Kier molecular flexibility index (Phi) is 6.26. The summed E-state index contributed by atoms with van der Waals surface area (Å²) in [6, 6.07) is 8.11. The van der Waals surface area contributed by atoms with Gasteiger partial charge in [0, 0.05) is 25.6 Å². The highest BCUT2D eigenvalue weighted by molar-refractivity contribution is 5.77. The molecule has 1 aromatic heterocycles. The fourth-order valence-electron chi connectivity index (χ4n) is 2.95. The van der Waals surface area contributed by atoms with Gasteiger partial charge in [-0.25, -0.2) is 4.79 Å². The number of benzene rings is 1. The highest BCUT2D eigenvalue weighted by atomic mass is 16.5. The molecule has 2 aromatic rings. The first-order valence-corrected chi connectivity index (χ1v) is 8.45. The predicted octanol–water partition coefficient (Wildman–Crippen LogP) is 0.000980. The van der Waals surface area contributed by atoms with Gasteiger partial charge in [0.2, 0.25) is 0 Å². The van der Waals surface area contributed by atoms with Crippen LogP contribution in [0.1, 0.15) is 24.0 Å². The Morgan fingerprint density at radius 2 is 1.82 bits per heavy atom. The molecule has 0 fully saturated rings. The number of hydrogen-bond donors (Lipinski definition) is 0. The van der Waals surface area contributed by atoms with Crippen LogP contribution in [0.15, 0.2) is 33.9 Å². The molecule has 0 amide bonds. The van der Waals surface area contributed by atoms with Crippen molar-refractivity contribution in [3.05, 3.63) is 56.2 Å². The summed E-state index contributed by atoms with van der Waals surface area (Å²) in [5, 5.41) is 22.4. The number of nitrogens with zero attached hydrogens (tertiary/aromatic N) is 3. The molecule has 0 saturated heterocycles. The van der Waals surface area contributed by atoms with E-state index >= 15 is 0 Å². The number of rotatable bonds is 6. The maximum atomic E-state index is 12.8. The number of methoxy groups -OCH3 is 1. The summed E-state index contributed by atoms with van der Waals surface area (Å²) in [5.41, 5.74) is -1.64. The van der Waals surface area contributed by atoms with Gasteiger partial charge in [-0.05, 0) is 30.5 Å². The Balaban J connectivity index is 2.83. The van der Waals surface area contributed by atoms with E-state index in [0.717, 1.165) is 9.13 Å². The number of carbonyl (C=O) groups excluding carboxylic acids is 1. The quantitative estimate of drug-likeness (QED) is 0.640. The molecular formula is C19H20N3O6-. The topological polar surface area (TPSA) is 126 Å². The number of hydrogen-bond acceptors (Lipinski definition) is 7. The van der Waals surface area contributed by atoms with Crippen molar-refractivity contribution in [1.29, 1.82) is 5.26 Å². The third kappa shape index (κ3) is 3.62. The summed E-state index contributed by atoms with van der Waals surface area (Å²) in [5.74, 6) is -3.87. The first-order valence-electron chi connectivity index (χ1n) is 8.45. The second-order valence-corrected chi connectivity index (χ2v) is 6.03. The van der Waals surface area contributed by atoms with Crippen LogP contribution in [0.5, 0.6) is 11.6 Å². The summed E-state index contributed by atoms with van der Waals surface area (Å²) in [6.07, 6.45) is 0. The number of ether oxygens (including phenoxy) is 2. The first-order chi connectivity index (χ1) is 13.3. The van der Waals surface area contributed by atoms with Gasteiger partial charge in [0.05, 0.1) is 19.8 Å². The Labute approximate surface area is 161 Å². The molecule has 0 radical (unpaired) electrons. The molecule has 28 heavy (non-hydrogen) atoms. The molecular weight excluding hydrogens is 366 g/mol. The number of esters is 1. The lowest BCUT2D eigenvalue weighted by atomic mass is 9.82. The van der Waals surface area contributed by atoms with Crippen LogP contribution in [0, 0.1) is 17.2 Å². The summed E-state index contributed by atoms with van der Waals surface area (Å²) in [4.78, 5) is 37.2. The molecule has 2 atom stereocenters. The van der Waals surface area contributed by atoms with Crippen molar-refractivity contribution >= 4 is 5.97 Å². The second kappa shape index (κ2) is 8.43. The lowest BCUT2D eigenvalue weighted by molar-refractivity contribution is -0.281. The van der Waals surface area contributed by atoms with E-state index in [2.05, 4.69) is 0 Å². The molecule has 9 nitrogen and oxygen atoms in total. The van der Waals surface area contributed by atoms with Gasteiger partial charge in [-0.15, -0.1) is 0 Å². The number of aromatic nitrogens is 2. The van der Waals surface area contributed by atoms with Crippen molar-refractivity contribution < 1.29 is 19.4 Å². The summed E-state index contributed by atoms with van der Waals surface area (Å²) < 4.78 is 11.6. The SMILES string of the molecule is CCOC(=O)C(C#N)C(c1ccc(OC)cc1)c1c([O-])n(C)c(=O)n(C)c1=O.